The maximum absolute atomic E-state index is 16.6. The molecule has 7 aromatic rings. The average molecular weight is 1670 g/mol. The van der Waals surface area contributed by atoms with Crippen molar-refractivity contribution in [2.24, 2.45) is 0 Å². The zero-order valence-corrected chi connectivity index (χ0v) is 66.3. The second-order valence-electron chi connectivity index (χ2n) is 29.6. The predicted molar refractivity (Wildman–Crippen MR) is 424 cm³/mol. The van der Waals surface area contributed by atoms with Crippen LogP contribution in [0.1, 0.15) is 153 Å². The summed E-state index contributed by atoms with van der Waals surface area (Å²) < 4.78 is 37.8. The number of aliphatic hydroxyl groups excluding tert-OH is 3. The molecular formula is C83H92Cl2N10O23. The van der Waals surface area contributed by atoms with Crippen LogP contribution in [0.3, 0.4) is 0 Å². The number of hydrogen-bond acceptors (Lipinski definition) is 25. The molecule has 35 heteroatoms. The van der Waals surface area contributed by atoms with Crippen LogP contribution in [0.4, 0.5) is 0 Å². The molecule has 0 aliphatic carbocycles. The highest BCUT2D eigenvalue weighted by atomic mass is 35.5. The Bertz CT molecular complexity index is 4980. The SMILES string of the molecule is CCCCCCCCCCCC(=O)N[C@H]1[C@H](Oc2c3cc4cc2Oc2ccc(cc2Cl)[C@@H](O)[C@@H]2NC(=O)[C@H](NC(=O)[C@@H]4NC(=O)[C@H]4NC(=O)[C@@H](Cc5ccc(cc5)O3)NC(=O)[C@@H](NC)c3ccc(O)c(c3)Oc3cc(O)c(Cl)c4c3)c3ccc(O)c(c3)-c3c(O)cc(O)cc3[C@H](C(=O)NCCCN(C)C)NC2=O)O[C@H](C(=O)OC)[C@@H](O)[C@@H]1O. The Hall–Kier alpha value is -11.7. The number of methoxy groups -OCH3 is 1. The fourth-order valence-corrected chi connectivity index (χ4v) is 15.1. The number of aliphatic hydroxyl groups is 3. The van der Waals surface area contributed by atoms with Gasteiger partial charge in [-0.15, -0.1) is 0 Å². The van der Waals surface area contributed by atoms with Crippen molar-refractivity contribution in [3.05, 3.63) is 164 Å². The molecule has 0 spiro atoms. The van der Waals surface area contributed by atoms with E-state index >= 15 is 24.0 Å². The number of carbonyl (C=O) groups excluding carboxylic acids is 9. The van der Waals surface area contributed by atoms with Gasteiger partial charge in [-0.1, -0.05) is 112 Å². The molecular weight excluding hydrogens is 1580 g/mol. The number of aromatic hydroxyl groups is 5. The molecule has 1 saturated heterocycles. The van der Waals surface area contributed by atoms with Gasteiger partial charge in [0, 0.05) is 48.2 Å². The van der Waals surface area contributed by atoms with Crippen molar-refractivity contribution in [2.75, 3.05) is 41.3 Å². The van der Waals surface area contributed by atoms with Crippen LogP contribution in [0.5, 0.6) is 69.0 Å². The van der Waals surface area contributed by atoms with Crippen LogP contribution in [0.25, 0.3) is 11.1 Å². The second-order valence-corrected chi connectivity index (χ2v) is 30.4. The summed E-state index contributed by atoms with van der Waals surface area (Å²) >= 11 is 14.3. The summed E-state index contributed by atoms with van der Waals surface area (Å²) in [6.45, 7) is 2.62. The van der Waals surface area contributed by atoms with Crippen LogP contribution < -0.4 is 66.8 Å². The van der Waals surface area contributed by atoms with Crippen molar-refractivity contribution in [1.29, 1.82) is 0 Å². The third-order valence-electron chi connectivity index (χ3n) is 20.9. The van der Waals surface area contributed by atoms with Crippen molar-refractivity contribution in [2.45, 2.75) is 163 Å². The minimum atomic E-state index is -2.35. The molecule has 7 heterocycles. The first-order valence-corrected chi connectivity index (χ1v) is 39.3. The number of benzene rings is 7. The summed E-state index contributed by atoms with van der Waals surface area (Å²) in [7, 11) is 6.04. The predicted octanol–water partition coefficient (Wildman–Crippen LogP) is 6.93. The number of halogens is 2. The monoisotopic (exact) mass is 1670 g/mol. The zero-order chi connectivity index (χ0) is 84.5. The Labute approximate surface area is 687 Å². The normalized spacial score (nSPS) is 23.0. The van der Waals surface area contributed by atoms with Crippen LogP contribution in [-0.4, -0.2) is 183 Å². The smallest absolute Gasteiger partial charge is 0.337 e. The number of hydrogen-bond donors (Lipinski definition) is 17. The Kier molecular flexibility index (Phi) is 27.4. The highest BCUT2D eigenvalue weighted by Gasteiger charge is 2.51. The molecule has 0 aromatic heterocycles. The number of carbonyl (C=O) groups is 9. The molecule has 626 valence electrons. The fourth-order valence-electron chi connectivity index (χ4n) is 14.7. The number of esters is 1. The first kappa shape index (κ1) is 85.7. The number of phenolic OH excluding ortho intramolecular Hbond substituents is 5. The van der Waals surface area contributed by atoms with Crippen molar-refractivity contribution >= 4 is 76.4 Å². The van der Waals surface area contributed by atoms with Gasteiger partial charge in [0.25, 0.3) is 0 Å². The minimum Gasteiger partial charge on any atom is -0.508 e. The number of rotatable bonds is 20. The van der Waals surface area contributed by atoms with E-state index in [9.17, 15) is 60.0 Å². The summed E-state index contributed by atoms with van der Waals surface area (Å²) in [6.07, 6.45) is -2.32. The molecule has 0 radical (unpaired) electrons. The molecule has 0 unspecified atom stereocenters. The molecule has 118 heavy (non-hydrogen) atoms. The van der Waals surface area contributed by atoms with Crippen molar-refractivity contribution in [3.63, 3.8) is 0 Å². The van der Waals surface area contributed by atoms with Crippen molar-refractivity contribution in [1.82, 2.24) is 52.8 Å². The third-order valence-corrected chi connectivity index (χ3v) is 21.6. The van der Waals surface area contributed by atoms with Gasteiger partial charge >= 0.3 is 5.97 Å². The summed E-state index contributed by atoms with van der Waals surface area (Å²) in [4.78, 5) is 139. The van der Waals surface area contributed by atoms with E-state index in [1.54, 1.807) is 14.1 Å². The molecule has 14 rings (SSSR count). The largest absolute Gasteiger partial charge is 0.508 e. The highest BCUT2D eigenvalue weighted by molar-refractivity contribution is 6.33. The Morgan fingerprint density at radius 3 is 1.90 bits per heavy atom. The Balaban J connectivity index is 1.08. The van der Waals surface area contributed by atoms with Gasteiger partial charge in [-0.05, 0) is 147 Å². The Morgan fingerprint density at radius 1 is 0.568 bits per heavy atom. The number of amides is 8. The lowest BCUT2D eigenvalue weighted by Gasteiger charge is -2.41. The third kappa shape index (κ3) is 19.4. The van der Waals surface area contributed by atoms with Gasteiger partial charge in [-0.2, -0.15) is 0 Å². The number of ether oxygens (including phenoxy) is 6. The van der Waals surface area contributed by atoms with E-state index in [0.717, 1.165) is 113 Å². The van der Waals surface area contributed by atoms with Crippen LogP contribution in [-0.2, 0) is 59.0 Å². The zero-order valence-electron chi connectivity index (χ0n) is 64.8. The quantitative estimate of drug-likeness (QED) is 0.0272. The van der Waals surface area contributed by atoms with E-state index in [1.807, 2.05) is 4.90 Å². The van der Waals surface area contributed by atoms with Crippen LogP contribution in [0, 0.1) is 0 Å². The van der Waals surface area contributed by atoms with Gasteiger partial charge in [0.2, 0.25) is 59.3 Å². The van der Waals surface area contributed by atoms with Gasteiger partial charge in [-0.25, -0.2) is 4.79 Å². The molecule has 13 atom stereocenters. The van der Waals surface area contributed by atoms with Crippen molar-refractivity contribution < 1.29 is 112 Å². The molecule has 8 amide bonds. The van der Waals surface area contributed by atoms with Gasteiger partial charge in [0.05, 0.1) is 17.2 Å². The van der Waals surface area contributed by atoms with Crippen LogP contribution in [0.15, 0.2) is 115 Å². The minimum absolute atomic E-state index is 0.00573. The summed E-state index contributed by atoms with van der Waals surface area (Å²) in [6, 6.07) is 7.31. The van der Waals surface area contributed by atoms with E-state index in [2.05, 4.69) is 54.8 Å². The van der Waals surface area contributed by atoms with Crippen molar-refractivity contribution in [3.8, 4) is 80.1 Å². The molecule has 0 saturated carbocycles. The molecule has 17 bridgehead atoms. The van der Waals surface area contributed by atoms with E-state index in [1.165, 1.54) is 61.6 Å². The van der Waals surface area contributed by atoms with Gasteiger partial charge in [0.15, 0.2) is 29.1 Å². The maximum atomic E-state index is 16.6. The number of nitrogens with zero attached hydrogens (tertiary/aromatic N) is 1. The Morgan fingerprint density at radius 2 is 1.20 bits per heavy atom. The van der Waals surface area contributed by atoms with E-state index in [4.69, 9.17) is 51.6 Å². The number of nitrogens with one attached hydrogen (secondary N) is 9. The van der Waals surface area contributed by atoms with Crippen LogP contribution >= 0.6 is 23.2 Å². The van der Waals surface area contributed by atoms with E-state index in [-0.39, 0.29) is 70.2 Å². The number of unbranched alkanes of at least 4 members (excludes halogenated alkanes) is 8. The lowest BCUT2D eigenvalue weighted by Crippen LogP contribution is -2.66. The molecule has 7 aliphatic heterocycles. The summed E-state index contributed by atoms with van der Waals surface area (Å²) in [5.74, 6) is -16.2. The number of phenols is 5. The summed E-state index contributed by atoms with van der Waals surface area (Å²) in [5, 5.41) is 118. The molecule has 7 aromatic carbocycles. The van der Waals surface area contributed by atoms with Gasteiger partial charge in [0.1, 0.15) is 107 Å². The molecule has 1 fully saturated rings. The molecule has 17 N–H and O–H groups in total. The van der Waals surface area contributed by atoms with Crippen LogP contribution in [0.2, 0.25) is 10.0 Å². The topological polar surface area (TPSA) is 482 Å². The second kappa shape index (κ2) is 37.7. The maximum Gasteiger partial charge on any atom is 0.337 e. The lowest BCUT2D eigenvalue weighted by atomic mass is 9.89. The first-order chi connectivity index (χ1) is 56.5. The summed E-state index contributed by atoms with van der Waals surface area (Å²) in [5.41, 5.74) is -1.96. The van der Waals surface area contributed by atoms with E-state index in [0.29, 0.717) is 31.4 Å². The first-order valence-electron chi connectivity index (χ1n) is 38.5. The fraction of sp³-hybridized carbons (Fsp3) is 0.386. The number of fused-ring (bicyclic) bond motifs is 14. The standard InChI is InChI=1S/C83H92Cl2N10O23/c1-6-7-8-9-10-11-12-13-14-16-60(101)89-69-71(103)72(104)74(82(112)113-5)118-83(69)117-73-58-33-43-34-59(73)116-56-26-21-42(31-50(56)84)70(102)68-81(111)93-66(76(106)87-27-15-28-95(3)4)48-35-44(96)36-54(99)61(48)47-30-40(19-24-52(47)97)64(78(108)94-68)90-79(109)65(43)91-80(110)67-49-37-46(38-55(100)62(49)85)115-57-32-41(20-25-53(57)98)63(86-2)77(107)88-51(75(105)92-67)29-39-17-22-45(114-58)23-18-39/h17-26,30-38,51,63-72,74,83,86,96-100,102-104H,6-16,27-29H2,1-5H3,(H,87,106)(H,88,107)(H,89,101)(H,90,109)(H,91,110)(H,92,105)(H,93,111)(H,94,108)/t51-,63+,64-,65-,66-,67+,68+,69-,70-,71-,72+,74+,83-/m1/s1. The highest BCUT2D eigenvalue weighted by Crippen LogP contribution is 2.50. The molecule has 33 nitrogen and oxygen atoms in total. The van der Waals surface area contributed by atoms with Gasteiger partial charge < -0.3 is 122 Å². The van der Waals surface area contributed by atoms with Gasteiger partial charge in [-0.3, -0.25) is 38.4 Å². The lowest BCUT2D eigenvalue weighted by molar-refractivity contribution is -0.242. The molecule has 7 aliphatic rings. The van der Waals surface area contributed by atoms with E-state index < -0.39 is 205 Å². The number of likely N-dealkylation sites (N-methyl/N-ethyl adjacent to an activating group) is 1. The average Bonchev–Trinajstić information content (AvgIpc) is 0.768.